The Morgan fingerprint density at radius 3 is 2.43 bits per heavy atom. The highest BCUT2D eigenvalue weighted by atomic mass is 16.2. The van der Waals surface area contributed by atoms with Gasteiger partial charge in [-0.2, -0.15) is 0 Å². The van der Waals surface area contributed by atoms with E-state index in [1.165, 1.54) is 22.0 Å². The van der Waals surface area contributed by atoms with Crippen LogP contribution in [0.2, 0.25) is 0 Å². The maximum atomic E-state index is 13.8. The van der Waals surface area contributed by atoms with Crippen LogP contribution >= 0.6 is 0 Å². The number of hydrogen-bond donors (Lipinski definition) is 2. The minimum atomic E-state index is -0.182. The van der Waals surface area contributed by atoms with Crippen LogP contribution in [0.15, 0.2) is 91.1 Å². The Kier molecular flexibility index (Phi) is 7.26. The van der Waals surface area contributed by atoms with Crippen molar-refractivity contribution in [3.63, 3.8) is 0 Å². The molecular weight excluding hydrogens is 432 g/mol. The summed E-state index contributed by atoms with van der Waals surface area (Å²) in [6.07, 6.45) is 3.79. The molecular formula is C30H34N4O. The molecule has 1 amide bonds. The fourth-order valence-corrected chi connectivity index (χ4v) is 5.24. The van der Waals surface area contributed by atoms with Crippen molar-refractivity contribution < 1.29 is 4.79 Å². The second kappa shape index (κ2) is 10.9. The number of hydrogen-bond acceptors (Lipinski definition) is 3. The third-order valence-corrected chi connectivity index (χ3v) is 7.06. The van der Waals surface area contributed by atoms with Crippen LogP contribution in [0.4, 0.5) is 0 Å². The molecule has 5 nitrogen and oxygen atoms in total. The number of aromatic nitrogens is 1. The van der Waals surface area contributed by atoms with Gasteiger partial charge < -0.3 is 15.2 Å². The number of carbonyl (C=O) groups is 1. The maximum absolute atomic E-state index is 13.8. The average Bonchev–Trinajstić information content (AvgIpc) is 3.31. The van der Waals surface area contributed by atoms with Crippen LogP contribution in [0.3, 0.4) is 0 Å². The predicted molar refractivity (Wildman–Crippen MR) is 142 cm³/mol. The first-order valence-corrected chi connectivity index (χ1v) is 12.5. The average molecular weight is 467 g/mol. The second-order valence-electron chi connectivity index (χ2n) is 9.60. The summed E-state index contributed by atoms with van der Waals surface area (Å²) in [5.41, 5.74) is 4.85. The van der Waals surface area contributed by atoms with Crippen LogP contribution in [-0.4, -0.2) is 59.5 Å². The van der Waals surface area contributed by atoms with Crippen molar-refractivity contribution >= 4 is 16.8 Å². The summed E-state index contributed by atoms with van der Waals surface area (Å²) < 4.78 is 0. The van der Waals surface area contributed by atoms with Crippen LogP contribution in [-0.2, 0) is 24.2 Å². The van der Waals surface area contributed by atoms with Gasteiger partial charge in [-0.15, -0.1) is 0 Å². The molecule has 0 bridgehead atoms. The first-order valence-electron chi connectivity index (χ1n) is 12.5. The van der Waals surface area contributed by atoms with Crippen molar-refractivity contribution in [2.75, 3.05) is 26.7 Å². The van der Waals surface area contributed by atoms with Crippen LogP contribution < -0.4 is 5.32 Å². The summed E-state index contributed by atoms with van der Waals surface area (Å²) in [6, 6.07) is 29.2. The molecule has 1 fully saturated rings. The third kappa shape index (κ3) is 5.64. The SMILES string of the molecule is CN(Cc1ccccc1)C(=O)[C@H](Cc1ccccc1)N1CCN[C@H](Cc2c[nH]c3ccccc23)C1. The van der Waals surface area contributed by atoms with Gasteiger partial charge in [-0.3, -0.25) is 9.69 Å². The number of amides is 1. The van der Waals surface area contributed by atoms with Crippen LogP contribution in [0, 0.1) is 0 Å². The Bertz CT molecular complexity index is 1240. The molecule has 5 heteroatoms. The highest BCUT2D eigenvalue weighted by Gasteiger charge is 2.32. The lowest BCUT2D eigenvalue weighted by molar-refractivity contribution is -0.136. The molecule has 1 aliphatic heterocycles. The fourth-order valence-electron chi connectivity index (χ4n) is 5.24. The second-order valence-corrected chi connectivity index (χ2v) is 9.60. The Balaban J connectivity index is 1.33. The van der Waals surface area contributed by atoms with Crippen LogP contribution in [0.5, 0.6) is 0 Å². The molecule has 3 aromatic carbocycles. The summed E-state index contributed by atoms with van der Waals surface area (Å²) >= 11 is 0. The van der Waals surface area contributed by atoms with E-state index in [9.17, 15) is 4.79 Å². The number of fused-ring (bicyclic) bond motifs is 1. The van der Waals surface area contributed by atoms with Crippen LogP contribution in [0.25, 0.3) is 10.9 Å². The standard InChI is InChI=1S/C30H34N4O/c1-33(21-24-12-6-3-7-13-24)30(35)29(18-23-10-4-2-5-11-23)34-17-16-31-26(22-34)19-25-20-32-28-15-9-8-14-27(25)28/h2-15,20,26,29,31-32H,16-19,21-22H2,1H3/t26-,29+/m1/s1. The first-order chi connectivity index (χ1) is 17.2. The molecule has 0 unspecified atom stereocenters. The smallest absolute Gasteiger partial charge is 0.240 e. The van der Waals surface area contributed by atoms with E-state index in [2.05, 4.69) is 82.1 Å². The van der Waals surface area contributed by atoms with Gasteiger partial charge in [-0.1, -0.05) is 78.9 Å². The maximum Gasteiger partial charge on any atom is 0.240 e. The molecule has 2 N–H and O–H groups in total. The molecule has 2 heterocycles. The topological polar surface area (TPSA) is 51.4 Å². The lowest BCUT2D eigenvalue weighted by Gasteiger charge is -2.39. The molecule has 0 aliphatic carbocycles. The van der Waals surface area contributed by atoms with Gasteiger partial charge in [-0.25, -0.2) is 0 Å². The number of piperazine rings is 1. The summed E-state index contributed by atoms with van der Waals surface area (Å²) in [6.45, 7) is 3.22. The molecule has 4 aromatic rings. The lowest BCUT2D eigenvalue weighted by atomic mass is 9.99. The minimum Gasteiger partial charge on any atom is -0.361 e. The number of para-hydroxylation sites is 1. The van der Waals surface area contributed by atoms with E-state index in [0.29, 0.717) is 12.6 Å². The molecule has 2 atom stereocenters. The Morgan fingerprint density at radius 2 is 1.66 bits per heavy atom. The molecule has 5 rings (SSSR count). The predicted octanol–water partition coefficient (Wildman–Crippen LogP) is 4.25. The molecule has 1 aromatic heterocycles. The van der Waals surface area contributed by atoms with E-state index < -0.39 is 0 Å². The lowest BCUT2D eigenvalue weighted by Crippen LogP contribution is -2.58. The van der Waals surface area contributed by atoms with Crippen LogP contribution in [0.1, 0.15) is 16.7 Å². The zero-order chi connectivity index (χ0) is 24.0. The third-order valence-electron chi connectivity index (χ3n) is 7.06. The Morgan fingerprint density at radius 1 is 0.971 bits per heavy atom. The number of likely N-dealkylation sites (N-methyl/N-ethyl adjacent to an activating group) is 1. The summed E-state index contributed by atoms with van der Waals surface area (Å²) in [4.78, 5) is 21.5. The van der Waals surface area contributed by atoms with E-state index in [1.807, 2.05) is 36.2 Å². The fraction of sp³-hybridized carbons (Fsp3) is 0.300. The Labute approximate surface area is 207 Å². The zero-order valence-electron chi connectivity index (χ0n) is 20.4. The van der Waals surface area contributed by atoms with Gasteiger partial charge in [0.25, 0.3) is 0 Å². The van der Waals surface area contributed by atoms with Gasteiger partial charge in [0.05, 0.1) is 6.04 Å². The number of nitrogens with one attached hydrogen (secondary N) is 2. The van der Waals surface area contributed by atoms with E-state index in [4.69, 9.17) is 0 Å². The zero-order valence-corrected chi connectivity index (χ0v) is 20.4. The first kappa shape index (κ1) is 23.3. The van der Waals surface area contributed by atoms with Gasteiger partial charge >= 0.3 is 0 Å². The summed E-state index contributed by atoms with van der Waals surface area (Å²) in [7, 11) is 1.93. The summed E-state index contributed by atoms with van der Waals surface area (Å²) in [5.74, 6) is 0.186. The number of nitrogens with zero attached hydrogens (tertiary/aromatic N) is 2. The highest BCUT2D eigenvalue weighted by Crippen LogP contribution is 2.21. The monoisotopic (exact) mass is 466 g/mol. The van der Waals surface area contributed by atoms with E-state index in [-0.39, 0.29) is 11.9 Å². The van der Waals surface area contributed by atoms with Gasteiger partial charge in [0.15, 0.2) is 0 Å². The number of benzene rings is 3. The molecule has 0 spiro atoms. The largest absolute Gasteiger partial charge is 0.361 e. The van der Waals surface area contributed by atoms with Crippen molar-refractivity contribution in [1.29, 1.82) is 0 Å². The normalized spacial score (nSPS) is 17.3. The molecule has 0 saturated carbocycles. The minimum absolute atomic E-state index is 0.182. The number of aromatic amines is 1. The number of rotatable bonds is 8. The van der Waals surface area contributed by atoms with Crippen molar-refractivity contribution in [2.24, 2.45) is 0 Å². The van der Waals surface area contributed by atoms with E-state index >= 15 is 0 Å². The number of H-pyrrole nitrogens is 1. The number of carbonyl (C=O) groups excluding carboxylic acids is 1. The van der Waals surface area contributed by atoms with Gasteiger partial charge in [0, 0.05) is 56.4 Å². The quantitative estimate of drug-likeness (QED) is 0.408. The van der Waals surface area contributed by atoms with Crippen molar-refractivity contribution in [1.82, 2.24) is 20.1 Å². The van der Waals surface area contributed by atoms with Crippen molar-refractivity contribution in [3.05, 3.63) is 108 Å². The van der Waals surface area contributed by atoms with Crippen molar-refractivity contribution in [3.8, 4) is 0 Å². The van der Waals surface area contributed by atoms with Gasteiger partial charge in [0.1, 0.15) is 0 Å². The molecule has 180 valence electrons. The molecule has 35 heavy (non-hydrogen) atoms. The Hall–Kier alpha value is -3.41. The van der Waals surface area contributed by atoms with Gasteiger partial charge in [0.2, 0.25) is 5.91 Å². The molecule has 1 saturated heterocycles. The van der Waals surface area contributed by atoms with Crippen molar-refractivity contribution in [2.45, 2.75) is 31.5 Å². The highest BCUT2D eigenvalue weighted by molar-refractivity contribution is 5.83. The van der Waals surface area contributed by atoms with E-state index in [1.54, 1.807) is 0 Å². The molecule has 1 aliphatic rings. The summed E-state index contributed by atoms with van der Waals surface area (Å²) in [5, 5.41) is 4.98. The molecule has 0 radical (unpaired) electrons. The van der Waals surface area contributed by atoms with Gasteiger partial charge in [-0.05, 0) is 35.6 Å². The van der Waals surface area contributed by atoms with E-state index in [0.717, 1.165) is 38.0 Å².